The first-order valence-electron chi connectivity index (χ1n) is 14.3. The average molecular weight is 568 g/mol. The minimum Gasteiger partial charge on any atom is -0.380 e. The Morgan fingerprint density at radius 3 is 2.38 bits per heavy atom. The summed E-state index contributed by atoms with van der Waals surface area (Å²) in [5.74, 6) is -7.20. The van der Waals surface area contributed by atoms with Crippen LogP contribution < -0.4 is 10.9 Å². The van der Waals surface area contributed by atoms with Gasteiger partial charge in [-0.3, -0.25) is 14.6 Å². The summed E-state index contributed by atoms with van der Waals surface area (Å²) in [6, 6.07) is -0.350. The van der Waals surface area contributed by atoms with Gasteiger partial charge < -0.3 is 9.64 Å². The second-order valence-electron chi connectivity index (χ2n) is 13.0. The summed E-state index contributed by atoms with van der Waals surface area (Å²) >= 11 is 0. The normalized spacial score (nSPS) is 40.4. The molecule has 4 heterocycles. The van der Waals surface area contributed by atoms with Crippen molar-refractivity contribution in [3.05, 3.63) is 0 Å². The number of fused-ring (bicyclic) bond motifs is 1. The van der Waals surface area contributed by atoms with E-state index >= 15 is 8.78 Å². The van der Waals surface area contributed by atoms with Crippen molar-refractivity contribution in [2.75, 3.05) is 53.1 Å². The molecule has 7 unspecified atom stereocenters. The number of hydrazine groups is 1. The number of nitrogens with one attached hydrogen (secondary N) is 2. The summed E-state index contributed by atoms with van der Waals surface area (Å²) in [5.41, 5.74) is 4.07. The highest BCUT2D eigenvalue weighted by Crippen LogP contribution is 2.56. The van der Waals surface area contributed by atoms with Crippen molar-refractivity contribution in [2.24, 2.45) is 35.0 Å². The van der Waals surface area contributed by atoms with Gasteiger partial charge in [-0.2, -0.15) is 13.2 Å². The van der Waals surface area contributed by atoms with E-state index in [2.05, 4.69) is 10.9 Å². The molecular formula is C26H39F6N5O2. The van der Waals surface area contributed by atoms with Crippen LogP contribution in [0.3, 0.4) is 0 Å². The van der Waals surface area contributed by atoms with E-state index in [9.17, 15) is 22.4 Å². The molecule has 6 fully saturated rings. The molecule has 0 radical (unpaired) electrons. The molecule has 4 saturated heterocycles. The molecule has 13 heteroatoms. The monoisotopic (exact) mass is 567 g/mol. The zero-order chi connectivity index (χ0) is 27.7. The van der Waals surface area contributed by atoms with E-state index in [4.69, 9.17) is 4.74 Å². The van der Waals surface area contributed by atoms with Crippen molar-refractivity contribution in [3.8, 4) is 0 Å². The summed E-state index contributed by atoms with van der Waals surface area (Å²) in [6.45, 7) is 1.03. The Balaban J connectivity index is 1.18. The number of hydrogen-bond donors (Lipinski definition) is 2. The van der Waals surface area contributed by atoms with Crippen molar-refractivity contribution in [1.29, 1.82) is 0 Å². The Kier molecular flexibility index (Phi) is 7.17. The number of ether oxygens (including phenoxy) is 1. The lowest BCUT2D eigenvalue weighted by Crippen LogP contribution is -2.68. The highest BCUT2D eigenvalue weighted by molar-refractivity contribution is 5.82. The van der Waals surface area contributed by atoms with Gasteiger partial charge >= 0.3 is 6.18 Å². The molecule has 6 rings (SSSR count). The third-order valence-corrected chi connectivity index (χ3v) is 10.7. The van der Waals surface area contributed by atoms with Crippen LogP contribution >= 0.6 is 0 Å². The Morgan fingerprint density at radius 2 is 1.79 bits per heavy atom. The molecule has 2 N–H and O–H groups in total. The van der Waals surface area contributed by atoms with Gasteiger partial charge in [0.05, 0.1) is 31.2 Å². The van der Waals surface area contributed by atoms with Crippen LogP contribution in [0.15, 0.2) is 0 Å². The van der Waals surface area contributed by atoms with E-state index in [-0.39, 0.29) is 63.8 Å². The number of alkyl halides is 6. The number of likely N-dealkylation sites (tertiary alicyclic amines) is 2. The van der Waals surface area contributed by atoms with Crippen LogP contribution in [0.5, 0.6) is 0 Å². The first kappa shape index (κ1) is 28.0. The van der Waals surface area contributed by atoms with Gasteiger partial charge in [-0.15, -0.1) is 0 Å². The second-order valence-corrected chi connectivity index (χ2v) is 13.0. The largest absolute Gasteiger partial charge is 0.392 e. The number of nitrogens with zero attached hydrogens (tertiary/aromatic N) is 3. The molecule has 0 bridgehead atoms. The maximum absolute atomic E-state index is 16.0. The van der Waals surface area contributed by atoms with Crippen molar-refractivity contribution in [1.82, 2.24) is 25.6 Å². The topological polar surface area (TPSA) is 60.1 Å². The smallest absolute Gasteiger partial charge is 0.380 e. The van der Waals surface area contributed by atoms with Gasteiger partial charge in [0.25, 0.3) is 5.92 Å². The number of hydrogen-bond acceptors (Lipinski definition) is 6. The fraction of sp³-hybridized carbons (Fsp3) is 0.962. The van der Waals surface area contributed by atoms with E-state index in [1.165, 1.54) is 4.90 Å². The zero-order valence-corrected chi connectivity index (χ0v) is 22.2. The molecule has 0 aromatic rings. The van der Waals surface area contributed by atoms with E-state index < -0.39 is 53.5 Å². The molecule has 7 nitrogen and oxygen atoms in total. The predicted molar refractivity (Wildman–Crippen MR) is 129 cm³/mol. The Hall–Kier alpha value is -1.15. The van der Waals surface area contributed by atoms with E-state index in [0.717, 1.165) is 0 Å². The van der Waals surface area contributed by atoms with Gasteiger partial charge in [0.1, 0.15) is 12.3 Å². The Morgan fingerprint density at radius 1 is 1.05 bits per heavy atom. The summed E-state index contributed by atoms with van der Waals surface area (Å²) in [5, 5.41) is 0. The van der Waals surface area contributed by atoms with Crippen molar-refractivity contribution < 1.29 is 35.9 Å². The maximum atomic E-state index is 16.0. The maximum Gasteiger partial charge on any atom is 0.392 e. The van der Waals surface area contributed by atoms with Crippen LogP contribution in [0.4, 0.5) is 26.3 Å². The molecule has 1 amide bonds. The van der Waals surface area contributed by atoms with Crippen LogP contribution in [-0.4, -0.2) is 104 Å². The molecule has 0 spiro atoms. The molecule has 7 atom stereocenters. The lowest BCUT2D eigenvalue weighted by Gasteiger charge is -2.55. The van der Waals surface area contributed by atoms with Crippen LogP contribution in [-0.2, 0) is 9.53 Å². The third-order valence-electron chi connectivity index (χ3n) is 10.7. The van der Waals surface area contributed by atoms with Gasteiger partial charge in [0.2, 0.25) is 5.91 Å². The second kappa shape index (κ2) is 9.99. The van der Waals surface area contributed by atoms with Gasteiger partial charge in [0, 0.05) is 38.1 Å². The molecule has 6 aliphatic rings. The molecule has 39 heavy (non-hydrogen) atoms. The molecule has 0 aromatic heterocycles. The summed E-state index contributed by atoms with van der Waals surface area (Å²) in [4.78, 5) is 18.6. The lowest BCUT2D eigenvalue weighted by atomic mass is 9.62. The summed E-state index contributed by atoms with van der Waals surface area (Å²) < 4.78 is 93.3. The van der Waals surface area contributed by atoms with Crippen LogP contribution in [0.2, 0.25) is 0 Å². The molecule has 2 saturated carbocycles. The predicted octanol–water partition coefficient (Wildman–Crippen LogP) is 2.84. The van der Waals surface area contributed by atoms with E-state index in [0.29, 0.717) is 38.6 Å². The number of carbonyl (C=O) groups excluding carboxylic acids is 1. The quantitative estimate of drug-likeness (QED) is 0.482. The number of carbonyl (C=O) groups is 1. The Labute approximate surface area is 224 Å². The first-order chi connectivity index (χ1) is 18.4. The first-order valence-corrected chi connectivity index (χ1v) is 14.3. The van der Waals surface area contributed by atoms with Gasteiger partial charge in [-0.05, 0) is 56.9 Å². The zero-order valence-electron chi connectivity index (χ0n) is 22.2. The van der Waals surface area contributed by atoms with Gasteiger partial charge in [0.15, 0.2) is 0 Å². The molecule has 222 valence electrons. The number of amides is 1. The summed E-state index contributed by atoms with van der Waals surface area (Å²) in [6.07, 6.45) is -4.04. The standard InChI is InChI=1S/C26H39F6N5O2/c1-35-14-33-34-23(35)25(28,29)24(12-39-13-24)16-3-2-4-18(7-16)37-11-20-19(22(37)38)5-15(6-21(20)26(30,31)32)8-36-9-17(27)10-36/h15-21,23,33-34H,2-14H2,1H3. The third kappa shape index (κ3) is 4.67. The molecule has 0 aromatic carbocycles. The van der Waals surface area contributed by atoms with E-state index in [1.54, 1.807) is 11.9 Å². The van der Waals surface area contributed by atoms with Crippen LogP contribution in [0.1, 0.15) is 38.5 Å². The van der Waals surface area contributed by atoms with E-state index in [1.807, 2.05) is 4.90 Å². The van der Waals surface area contributed by atoms with Crippen LogP contribution in [0.25, 0.3) is 0 Å². The number of halogens is 6. The number of rotatable bonds is 6. The minimum atomic E-state index is -4.42. The highest BCUT2D eigenvalue weighted by atomic mass is 19.4. The lowest BCUT2D eigenvalue weighted by molar-refractivity contribution is -0.292. The van der Waals surface area contributed by atoms with Crippen LogP contribution in [0, 0.1) is 35.0 Å². The highest BCUT2D eigenvalue weighted by Gasteiger charge is 2.68. The molecular weight excluding hydrogens is 528 g/mol. The Bertz CT molecular complexity index is 929. The molecule has 4 aliphatic heterocycles. The van der Waals surface area contributed by atoms with Gasteiger partial charge in [-0.25, -0.2) is 24.0 Å². The SMILES string of the molecule is CN1CNNC1C(F)(F)C1(C2CCCC(N3CC4C(CC(CN5CC(F)C5)CC4C(F)(F)F)C3=O)C2)COC1. The average Bonchev–Trinajstić information content (AvgIpc) is 3.40. The van der Waals surface area contributed by atoms with Crippen molar-refractivity contribution in [3.63, 3.8) is 0 Å². The summed E-state index contributed by atoms with van der Waals surface area (Å²) in [7, 11) is 1.62. The van der Waals surface area contributed by atoms with Gasteiger partial charge in [-0.1, -0.05) is 6.42 Å². The molecule has 2 aliphatic carbocycles. The minimum absolute atomic E-state index is 0.0325. The fourth-order valence-corrected chi connectivity index (χ4v) is 8.47. The van der Waals surface area contributed by atoms with Crippen molar-refractivity contribution >= 4 is 5.91 Å². The van der Waals surface area contributed by atoms with Crippen molar-refractivity contribution in [2.45, 2.75) is 69.0 Å². The fourth-order valence-electron chi connectivity index (χ4n) is 8.47.